The summed E-state index contributed by atoms with van der Waals surface area (Å²) in [6, 6.07) is 35.0. The van der Waals surface area contributed by atoms with E-state index in [1.807, 2.05) is 167 Å². The molecule has 12 rings (SSSR count). The number of carbonyl (C=O) groups excluding carboxylic acids is 5. The zero-order valence-corrected chi connectivity index (χ0v) is 57.6. The van der Waals surface area contributed by atoms with E-state index in [9.17, 15) is 24.0 Å². The number of para-hydroxylation sites is 4. The summed E-state index contributed by atoms with van der Waals surface area (Å²) in [5.74, 6) is 4.43. The minimum atomic E-state index is -0.652. The average Bonchev–Trinajstić information content (AvgIpc) is 1.67. The van der Waals surface area contributed by atoms with Gasteiger partial charge in [-0.1, -0.05) is 79.4 Å². The smallest absolute Gasteiger partial charge is 0.246 e. The number of rotatable bonds is 13. The molecule has 4 aromatic carbocycles. The van der Waals surface area contributed by atoms with Crippen LogP contribution in [0.15, 0.2) is 164 Å². The van der Waals surface area contributed by atoms with Crippen molar-refractivity contribution in [1.29, 1.82) is 0 Å². The molecule has 5 amide bonds. The molecule has 8 heterocycles. The van der Waals surface area contributed by atoms with E-state index in [4.69, 9.17) is 27.1 Å². The number of carbonyl (C=O) groups is 5. The Morgan fingerprint density at radius 3 is 1.12 bits per heavy atom. The number of aryl methyl sites for hydroxylation is 4. The van der Waals surface area contributed by atoms with Gasteiger partial charge >= 0.3 is 0 Å². The molecule has 0 unspecified atom stereocenters. The third-order valence-corrected chi connectivity index (χ3v) is 17.9. The van der Waals surface area contributed by atoms with Crippen LogP contribution < -0.4 is 25.4 Å². The van der Waals surface area contributed by atoms with Gasteiger partial charge < -0.3 is 57.8 Å². The van der Waals surface area contributed by atoms with Crippen LogP contribution >= 0.6 is 0 Å². The lowest BCUT2D eigenvalue weighted by Gasteiger charge is -2.22. The third kappa shape index (κ3) is 15.2. The molecule has 0 spiro atoms. The van der Waals surface area contributed by atoms with Crippen LogP contribution in [-0.2, 0) is 24.0 Å². The maximum atomic E-state index is 12.8. The molecule has 10 aromatic rings. The van der Waals surface area contributed by atoms with Gasteiger partial charge in [-0.05, 0) is 161 Å². The molecule has 6 aromatic heterocycles. The number of aromatic nitrogens is 2. The number of pyridine rings is 2. The maximum absolute atomic E-state index is 12.8. The van der Waals surface area contributed by atoms with E-state index in [-0.39, 0.29) is 66.9 Å². The zero-order chi connectivity index (χ0) is 69.5. The van der Waals surface area contributed by atoms with Gasteiger partial charge in [-0.3, -0.25) is 24.0 Å². The molecule has 2 aliphatic rings. The number of ether oxygens (including phenoxy) is 2. The van der Waals surface area contributed by atoms with Crippen molar-refractivity contribution in [2.45, 2.75) is 107 Å². The van der Waals surface area contributed by atoms with E-state index in [1.165, 1.54) is 29.2 Å². The van der Waals surface area contributed by atoms with Gasteiger partial charge in [0.15, 0.2) is 23.1 Å². The van der Waals surface area contributed by atoms with Gasteiger partial charge in [0.25, 0.3) is 0 Å². The fourth-order valence-corrected chi connectivity index (χ4v) is 11.0. The third-order valence-electron chi connectivity index (χ3n) is 17.9. The maximum Gasteiger partial charge on any atom is 0.246 e. The predicted molar refractivity (Wildman–Crippen MR) is 377 cm³/mol. The van der Waals surface area contributed by atoms with Crippen molar-refractivity contribution >= 4 is 97.2 Å². The highest BCUT2D eigenvalue weighted by molar-refractivity contribution is 5.98. The molecule has 19 nitrogen and oxygen atoms in total. The van der Waals surface area contributed by atoms with Gasteiger partial charge in [0.2, 0.25) is 29.5 Å². The summed E-state index contributed by atoms with van der Waals surface area (Å²) < 4.78 is 35.2. The summed E-state index contributed by atoms with van der Waals surface area (Å²) in [5, 5.41) is 13.2. The number of hydrogen-bond donors (Lipinski definition) is 3. The number of nitrogens with one attached hydrogen (secondary N) is 3. The number of anilines is 2. The topological polar surface area (TPSA) is 228 Å². The average molecular weight is 1300 g/mol. The Bertz CT molecular complexity index is 4410. The largest absolute Gasteiger partial charge is 0.489 e. The molecule has 0 fully saturated rings. The van der Waals surface area contributed by atoms with Crippen LogP contribution in [0.4, 0.5) is 11.6 Å². The Morgan fingerprint density at radius 1 is 0.510 bits per heavy atom. The van der Waals surface area contributed by atoms with Crippen LogP contribution in [0.2, 0.25) is 0 Å². The van der Waals surface area contributed by atoms with Gasteiger partial charge in [0.05, 0.1) is 35.0 Å². The highest BCUT2D eigenvalue weighted by Crippen LogP contribution is 2.37. The van der Waals surface area contributed by atoms with Gasteiger partial charge in [-0.15, -0.1) is 0 Å². The number of benzene rings is 4. The van der Waals surface area contributed by atoms with Crippen molar-refractivity contribution in [2.75, 3.05) is 52.0 Å². The lowest BCUT2D eigenvalue weighted by atomic mass is 9.94. The minimum Gasteiger partial charge on any atom is -0.489 e. The number of fused-ring (bicyclic) bond motifs is 6. The van der Waals surface area contributed by atoms with Crippen molar-refractivity contribution in [3.8, 4) is 11.5 Å². The Kier molecular flexibility index (Phi) is 21.4. The van der Waals surface area contributed by atoms with Crippen molar-refractivity contribution in [1.82, 2.24) is 30.0 Å². The van der Waals surface area contributed by atoms with Crippen molar-refractivity contribution in [3.05, 3.63) is 203 Å². The Morgan fingerprint density at radius 2 is 0.812 bits per heavy atom. The van der Waals surface area contributed by atoms with E-state index >= 15 is 0 Å². The second kappa shape index (κ2) is 29.4. The summed E-state index contributed by atoms with van der Waals surface area (Å²) in [7, 11) is 7.19. The molecule has 0 bridgehead atoms. The SMILES string of the molecule is C=CC(=O)N(C)[C@H](C)c1oc2ccccc2c1C.CN[C@H](C)c1oc2ccccc2c1C.Cc1c([C@@H](C)N(C)C(=O)/C=C/c2cnc3c(c2)OCC(C)(C)C(=O)N3)oc2ccccc12.Cc1c([C@@H](C)N(C)C(=O)/C=C/c2cnc3c(c2)OCC(C)(C)C(=O)N3)oc2ccccc12. The van der Waals surface area contributed by atoms with E-state index in [2.05, 4.69) is 52.4 Å². The van der Waals surface area contributed by atoms with E-state index in [0.717, 1.165) is 78.2 Å². The molecular formula is C77H86N8O11. The molecule has 3 N–H and O–H groups in total. The first-order valence-corrected chi connectivity index (χ1v) is 31.9. The number of amides is 5. The van der Waals surface area contributed by atoms with Gasteiger partial charge in [-0.2, -0.15) is 0 Å². The minimum absolute atomic E-state index is 0.108. The number of likely N-dealkylation sites (N-methyl/N-ethyl adjacent to an activating group) is 3. The summed E-state index contributed by atoms with van der Waals surface area (Å²) in [4.78, 5) is 75.2. The quantitative estimate of drug-likeness (QED) is 0.0913. The van der Waals surface area contributed by atoms with E-state index < -0.39 is 10.8 Å². The van der Waals surface area contributed by atoms with Crippen molar-refractivity contribution in [3.63, 3.8) is 0 Å². The monoisotopic (exact) mass is 1300 g/mol. The van der Waals surface area contributed by atoms with Crippen molar-refractivity contribution < 1.29 is 51.1 Å². The zero-order valence-electron chi connectivity index (χ0n) is 57.6. The first-order valence-electron chi connectivity index (χ1n) is 31.9. The fraction of sp³-hybridized carbons (Fsp3) is 0.312. The van der Waals surface area contributed by atoms with Crippen molar-refractivity contribution in [2.24, 2.45) is 10.8 Å². The molecule has 0 radical (unpaired) electrons. The molecule has 0 aliphatic carbocycles. The molecule has 4 atom stereocenters. The van der Waals surface area contributed by atoms with Crippen LogP contribution in [0.3, 0.4) is 0 Å². The van der Waals surface area contributed by atoms with Gasteiger partial charge in [0.1, 0.15) is 58.6 Å². The van der Waals surface area contributed by atoms with Crippen LogP contribution in [0.5, 0.6) is 11.5 Å². The lowest BCUT2D eigenvalue weighted by molar-refractivity contribution is -0.127. The Labute approximate surface area is 560 Å². The first kappa shape index (κ1) is 69.8. The molecule has 2 aliphatic heterocycles. The highest BCUT2D eigenvalue weighted by atomic mass is 16.5. The van der Waals surface area contributed by atoms with Crippen LogP contribution in [0.25, 0.3) is 56.0 Å². The van der Waals surface area contributed by atoms with Crippen LogP contribution in [0.1, 0.15) is 136 Å². The summed E-state index contributed by atoms with van der Waals surface area (Å²) in [6.07, 6.45) is 10.9. The normalized spacial score (nSPS) is 15.1. The molecule has 500 valence electrons. The summed E-state index contributed by atoms with van der Waals surface area (Å²) in [5.41, 5.74) is 7.95. The Balaban J connectivity index is 0.000000158. The lowest BCUT2D eigenvalue weighted by Crippen LogP contribution is -2.33. The van der Waals surface area contributed by atoms with Crippen LogP contribution in [0, 0.1) is 38.5 Å². The molecule has 0 saturated carbocycles. The summed E-state index contributed by atoms with van der Waals surface area (Å²) >= 11 is 0. The number of furan rings is 4. The van der Waals surface area contributed by atoms with Gasteiger partial charge in [-0.25, -0.2) is 9.97 Å². The second-order valence-electron chi connectivity index (χ2n) is 25.6. The molecule has 0 saturated heterocycles. The molecular weight excluding hydrogens is 1210 g/mol. The van der Waals surface area contributed by atoms with E-state index in [1.54, 1.807) is 72.5 Å². The summed E-state index contributed by atoms with van der Waals surface area (Å²) in [6.45, 7) is 27.3. The number of hydrogen-bond acceptors (Lipinski definition) is 14. The highest BCUT2D eigenvalue weighted by Gasteiger charge is 2.35. The van der Waals surface area contributed by atoms with Gasteiger partial charge in [0, 0.05) is 83.9 Å². The Hall–Kier alpha value is -10.5. The molecule has 19 heteroatoms. The predicted octanol–water partition coefficient (Wildman–Crippen LogP) is 15.9. The van der Waals surface area contributed by atoms with E-state index in [0.29, 0.717) is 34.3 Å². The fourth-order valence-electron chi connectivity index (χ4n) is 11.0. The molecule has 96 heavy (non-hydrogen) atoms. The van der Waals surface area contributed by atoms with Crippen LogP contribution in [-0.4, -0.2) is 95.6 Å². The second-order valence-corrected chi connectivity index (χ2v) is 25.6. The number of nitrogens with zero attached hydrogens (tertiary/aromatic N) is 5. The standard InChI is InChI=1S/2C25H27N3O4.C15H17NO2.C12H15NO/c2*1-15-18-8-6-7-9-19(18)32-22(15)16(2)28(5)21(29)11-10-17-12-20-23(26-13-17)27-24(30)25(3,4)14-31-20;1-5-14(17)16(4)11(3)15-10(2)12-8-6-7-9-13(12)18-15;1-8-10-6-4-5-7-11(10)14-12(8)9(2)13-3/h2*6-13,16H,14H2,1-5H3,(H,26,27,30);5-9,11H,1H2,2-4H3;4-7,9,13H,1-3H3/b2*11-10+;;/t2*16-;11-;9-/m1111/s1. The first-order chi connectivity index (χ1) is 45.6.